The third kappa shape index (κ3) is 3.30. The molecule has 0 radical (unpaired) electrons. The summed E-state index contributed by atoms with van der Waals surface area (Å²) in [7, 11) is -3.75. The van der Waals surface area contributed by atoms with Crippen LogP contribution in [0.15, 0.2) is 35.2 Å². The van der Waals surface area contributed by atoms with Crippen LogP contribution in [0.25, 0.3) is 0 Å². The highest BCUT2D eigenvalue weighted by Gasteiger charge is 2.29. The van der Waals surface area contributed by atoms with Gasteiger partial charge in [-0.2, -0.15) is 4.31 Å². The van der Waals surface area contributed by atoms with E-state index in [1.165, 1.54) is 12.1 Å². The van der Waals surface area contributed by atoms with Crippen LogP contribution in [0, 0.1) is 0 Å². The van der Waals surface area contributed by atoms with Gasteiger partial charge in [0.15, 0.2) is 0 Å². The highest BCUT2D eigenvalue weighted by molar-refractivity contribution is 7.89. The molecule has 18 heavy (non-hydrogen) atoms. The van der Waals surface area contributed by atoms with Gasteiger partial charge in [0.1, 0.15) is 6.54 Å². The number of rotatable bonds is 6. The van der Waals surface area contributed by atoms with E-state index in [1.807, 2.05) is 6.92 Å². The molecule has 1 aromatic rings. The molecule has 0 aliphatic carbocycles. The lowest BCUT2D eigenvalue weighted by Gasteiger charge is -2.25. The summed E-state index contributed by atoms with van der Waals surface area (Å²) in [6.07, 6.45) is 0.555. The lowest BCUT2D eigenvalue weighted by molar-refractivity contribution is -0.137. The molecule has 0 fully saturated rings. The number of nitrogens with zero attached hydrogens (tertiary/aromatic N) is 1. The van der Waals surface area contributed by atoms with E-state index in [1.54, 1.807) is 25.1 Å². The van der Waals surface area contributed by atoms with Gasteiger partial charge in [-0.3, -0.25) is 4.79 Å². The van der Waals surface area contributed by atoms with Gasteiger partial charge in [-0.15, -0.1) is 0 Å². The molecule has 0 aliphatic rings. The molecule has 0 saturated carbocycles. The van der Waals surface area contributed by atoms with Crippen LogP contribution in [0.1, 0.15) is 20.3 Å². The fourth-order valence-corrected chi connectivity index (χ4v) is 3.22. The second-order valence-electron chi connectivity index (χ2n) is 4.01. The molecule has 0 amide bonds. The Hall–Kier alpha value is -1.40. The van der Waals surface area contributed by atoms with Gasteiger partial charge in [-0.25, -0.2) is 8.42 Å². The van der Waals surface area contributed by atoms with Crippen LogP contribution in [-0.2, 0) is 14.8 Å². The third-order valence-electron chi connectivity index (χ3n) is 2.72. The molecule has 1 unspecified atom stereocenters. The van der Waals surface area contributed by atoms with E-state index in [4.69, 9.17) is 5.11 Å². The Kier molecular flexibility index (Phi) is 4.86. The van der Waals surface area contributed by atoms with Crippen molar-refractivity contribution in [2.75, 3.05) is 6.54 Å². The molecule has 100 valence electrons. The smallest absolute Gasteiger partial charge is 0.318 e. The normalized spacial score (nSPS) is 13.5. The Morgan fingerprint density at radius 1 is 1.33 bits per heavy atom. The number of carboxylic acids is 1. The van der Waals surface area contributed by atoms with Crippen LogP contribution in [-0.4, -0.2) is 36.4 Å². The first-order valence-electron chi connectivity index (χ1n) is 5.68. The molecular formula is C12H17NO4S. The summed E-state index contributed by atoms with van der Waals surface area (Å²) in [6.45, 7) is 3.00. The van der Waals surface area contributed by atoms with Gasteiger partial charge in [-0.1, -0.05) is 25.1 Å². The highest BCUT2D eigenvalue weighted by Crippen LogP contribution is 2.18. The maximum Gasteiger partial charge on any atom is 0.318 e. The Labute approximate surface area is 107 Å². The first kappa shape index (κ1) is 14.7. The zero-order valence-corrected chi connectivity index (χ0v) is 11.2. The highest BCUT2D eigenvalue weighted by atomic mass is 32.2. The lowest BCUT2D eigenvalue weighted by Crippen LogP contribution is -2.41. The van der Waals surface area contributed by atoms with Gasteiger partial charge in [0, 0.05) is 6.04 Å². The standard InChI is InChI=1S/C12H17NO4S/c1-3-10(2)13(9-12(14)15)18(16,17)11-7-5-4-6-8-11/h4-8,10H,3,9H2,1-2H3,(H,14,15). The SMILES string of the molecule is CCC(C)N(CC(=O)O)S(=O)(=O)c1ccccc1. The Morgan fingerprint density at radius 2 is 1.89 bits per heavy atom. The van der Waals surface area contributed by atoms with Gasteiger partial charge in [0.25, 0.3) is 0 Å². The third-order valence-corrected chi connectivity index (χ3v) is 4.70. The molecule has 0 heterocycles. The van der Waals surface area contributed by atoms with Gasteiger partial charge >= 0.3 is 5.97 Å². The molecule has 0 saturated heterocycles. The van der Waals surface area contributed by atoms with Gasteiger partial charge in [0.2, 0.25) is 10.0 Å². The molecule has 1 N–H and O–H groups in total. The zero-order valence-electron chi connectivity index (χ0n) is 10.4. The van der Waals surface area contributed by atoms with Crippen molar-refractivity contribution in [3.8, 4) is 0 Å². The monoisotopic (exact) mass is 271 g/mol. The summed E-state index contributed by atoms with van der Waals surface area (Å²) >= 11 is 0. The minimum Gasteiger partial charge on any atom is -0.480 e. The number of hydrogen-bond donors (Lipinski definition) is 1. The maximum atomic E-state index is 12.3. The number of benzene rings is 1. The Morgan fingerprint density at radius 3 is 2.33 bits per heavy atom. The average Bonchev–Trinajstić information content (AvgIpc) is 2.35. The van der Waals surface area contributed by atoms with Crippen molar-refractivity contribution < 1.29 is 18.3 Å². The van der Waals surface area contributed by atoms with Gasteiger partial charge in [-0.05, 0) is 25.5 Å². The van der Waals surface area contributed by atoms with Gasteiger partial charge in [0.05, 0.1) is 4.90 Å². The first-order valence-corrected chi connectivity index (χ1v) is 7.12. The van der Waals surface area contributed by atoms with Crippen LogP contribution in [0.4, 0.5) is 0 Å². The number of carboxylic acid groups (broad SMARTS) is 1. The molecule has 0 spiro atoms. The van der Waals surface area contributed by atoms with Crippen molar-refractivity contribution in [3.05, 3.63) is 30.3 Å². The lowest BCUT2D eigenvalue weighted by atomic mass is 10.2. The summed E-state index contributed by atoms with van der Waals surface area (Å²) in [5.41, 5.74) is 0. The van der Waals surface area contributed by atoms with E-state index in [9.17, 15) is 13.2 Å². The maximum absolute atomic E-state index is 12.3. The summed E-state index contributed by atoms with van der Waals surface area (Å²) in [5, 5.41) is 8.83. The van der Waals surface area contributed by atoms with Crippen molar-refractivity contribution in [1.29, 1.82) is 0 Å². The van der Waals surface area contributed by atoms with Crippen molar-refractivity contribution in [1.82, 2.24) is 4.31 Å². The molecule has 0 bridgehead atoms. The molecule has 0 aliphatic heterocycles. The predicted octanol–water partition coefficient (Wildman–Crippen LogP) is 1.56. The van der Waals surface area contributed by atoms with E-state index < -0.39 is 22.5 Å². The fourth-order valence-electron chi connectivity index (χ4n) is 1.54. The largest absolute Gasteiger partial charge is 0.480 e. The quantitative estimate of drug-likeness (QED) is 0.852. The first-order chi connectivity index (χ1) is 8.39. The van der Waals surface area contributed by atoms with E-state index >= 15 is 0 Å². The summed E-state index contributed by atoms with van der Waals surface area (Å²) in [6, 6.07) is 7.51. The van der Waals surface area contributed by atoms with Crippen molar-refractivity contribution >= 4 is 16.0 Å². The average molecular weight is 271 g/mol. The summed E-state index contributed by atoms with van der Waals surface area (Å²) in [5.74, 6) is -1.16. The molecule has 1 atom stereocenters. The predicted molar refractivity (Wildman–Crippen MR) is 67.7 cm³/mol. The number of aliphatic carboxylic acids is 1. The van der Waals surface area contributed by atoms with Crippen LogP contribution in [0.3, 0.4) is 0 Å². The summed E-state index contributed by atoms with van der Waals surface area (Å²) < 4.78 is 25.7. The van der Waals surface area contributed by atoms with E-state index in [0.29, 0.717) is 6.42 Å². The molecule has 0 aromatic heterocycles. The number of carbonyl (C=O) groups is 1. The van der Waals surface area contributed by atoms with Crippen LogP contribution in [0.5, 0.6) is 0 Å². The van der Waals surface area contributed by atoms with E-state index in [0.717, 1.165) is 4.31 Å². The van der Waals surface area contributed by atoms with Crippen molar-refractivity contribution in [3.63, 3.8) is 0 Å². The van der Waals surface area contributed by atoms with Crippen LogP contribution >= 0.6 is 0 Å². The second kappa shape index (κ2) is 5.97. The topological polar surface area (TPSA) is 74.7 Å². The minimum atomic E-state index is -3.75. The fraction of sp³-hybridized carbons (Fsp3) is 0.417. The Bertz CT molecular complexity index is 498. The molecule has 1 rings (SSSR count). The Balaban J connectivity index is 3.16. The van der Waals surface area contributed by atoms with Crippen molar-refractivity contribution in [2.24, 2.45) is 0 Å². The molecule has 1 aromatic carbocycles. The number of hydrogen-bond acceptors (Lipinski definition) is 3. The number of sulfonamides is 1. The van der Waals surface area contributed by atoms with Crippen LogP contribution in [0.2, 0.25) is 0 Å². The van der Waals surface area contributed by atoms with E-state index in [2.05, 4.69) is 0 Å². The van der Waals surface area contributed by atoms with Crippen LogP contribution < -0.4 is 0 Å². The molecule has 6 heteroatoms. The summed E-state index contributed by atoms with van der Waals surface area (Å²) in [4.78, 5) is 10.9. The second-order valence-corrected chi connectivity index (χ2v) is 5.90. The minimum absolute atomic E-state index is 0.117. The van der Waals surface area contributed by atoms with Gasteiger partial charge < -0.3 is 5.11 Å². The molecular weight excluding hydrogens is 254 g/mol. The van der Waals surface area contributed by atoms with Crippen molar-refractivity contribution in [2.45, 2.75) is 31.2 Å². The zero-order chi connectivity index (χ0) is 13.8. The van der Waals surface area contributed by atoms with E-state index in [-0.39, 0.29) is 10.9 Å². The molecule has 5 nitrogen and oxygen atoms in total.